The fourth-order valence-corrected chi connectivity index (χ4v) is 3.40. The largest absolute Gasteiger partial charge is 0.406 e. The van der Waals surface area contributed by atoms with Gasteiger partial charge >= 0.3 is 6.18 Å². The average Bonchev–Trinajstić information content (AvgIpc) is 2.54. The Hall–Kier alpha value is -1.31. The fourth-order valence-electron chi connectivity index (χ4n) is 3.40. The molecule has 1 saturated heterocycles. The number of hydrogen-bond donors (Lipinski definition) is 0. The molecule has 0 bridgehead atoms. The van der Waals surface area contributed by atoms with Gasteiger partial charge in [0.25, 0.3) is 0 Å². The van der Waals surface area contributed by atoms with Crippen LogP contribution in [-0.2, 0) is 9.59 Å². The zero-order valence-electron chi connectivity index (χ0n) is 14.1. The molecule has 0 spiro atoms. The molecular formula is C16H26F3N3O2. The van der Waals surface area contributed by atoms with Crippen LogP contribution < -0.4 is 0 Å². The van der Waals surface area contributed by atoms with Gasteiger partial charge in [0.05, 0.1) is 6.54 Å². The number of nitrogens with zero attached hydrogens (tertiary/aromatic N) is 3. The first-order valence-corrected chi connectivity index (χ1v) is 8.58. The number of alkyl halides is 3. The van der Waals surface area contributed by atoms with E-state index in [1.807, 2.05) is 9.80 Å². The Morgan fingerprint density at radius 2 is 1.62 bits per heavy atom. The summed E-state index contributed by atoms with van der Waals surface area (Å²) in [5.41, 5.74) is 0. The van der Waals surface area contributed by atoms with Gasteiger partial charge in [-0.1, -0.05) is 19.3 Å². The third-order valence-corrected chi connectivity index (χ3v) is 4.84. The third kappa shape index (κ3) is 5.65. The molecule has 5 nitrogen and oxygen atoms in total. The van der Waals surface area contributed by atoms with Crippen LogP contribution in [0.4, 0.5) is 13.2 Å². The van der Waals surface area contributed by atoms with E-state index in [1.54, 1.807) is 0 Å². The van der Waals surface area contributed by atoms with Crippen molar-refractivity contribution in [3.05, 3.63) is 0 Å². The highest BCUT2D eigenvalue weighted by Crippen LogP contribution is 2.25. The molecule has 8 heteroatoms. The molecule has 1 aliphatic carbocycles. The topological polar surface area (TPSA) is 43.9 Å². The van der Waals surface area contributed by atoms with Crippen LogP contribution in [0, 0.1) is 5.92 Å². The van der Waals surface area contributed by atoms with Crippen LogP contribution in [0.2, 0.25) is 0 Å². The molecular weight excluding hydrogens is 323 g/mol. The van der Waals surface area contributed by atoms with E-state index in [9.17, 15) is 22.8 Å². The number of amides is 2. The molecule has 0 radical (unpaired) electrons. The van der Waals surface area contributed by atoms with Crippen LogP contribution in [0.3, 0.4) is 0 Å². The van der Waals surface area contributed by atoms with Crippen molar-refractivity contribution < 1.29 is 22.8 Å². The minimum Gasteiger partial charge on any atom is -0.340 e. The highest BCUT2D eigenvalue weighted by molar-refractivity contribution is 5.79. The molecule has 138 valence electrons. The molecule has 0 N–H and O–H groups in total. The second kappa shape index (κ2) is 8.18. The standard InChI is InChI=1S/C16H26F3N3O2/c1-20(12-16(17,18)19)14(23)11-21-7-9-22(10-8-21)15(24)13-5-3-2-4-6-13/h13H,2-12H2,1H3. The fraction of sp³-hybridized carbons (Fsp3) is 0.875. The number of piperazine rings is 1. The molecule has 0 unspecified atom stereocenters. The first-order valence-electron chi connectivity index (χ1n) is 8.58. The maximum Gasteiger partial charge on any atom is 0.406 e. The molecule has 24 heavy (non-hydrogen) atoms. The number of hydrogen-bond acceptors (Lipinski definition) is 3. The molecule has 2 fully saturated rings. The predicted molar refractivity (Wildman–Crippen MR) is 83.3 cm³/mol. The van der Waals surface area contributed by atoms with Crippen LogP contribution in [0.15, 0.2) is 0 Å². The Bertz CT molecular complexity index is 442. The summed E-state index contributed by atoms with van der Waals surface area (Å²) in [4.78, 5) is 28.7. The minimum absolute atomic E-state index is 0.0297. The summed E-state index contributed by atoms with van der Waals surface area (Å²) in [6.07, 6.45) is 0.951. The lowest BCUT2D eigenvalue weighted by Gasteiger charge is -2.37. The van der Waals surface area contributed by atoms with E-state index in [1.165, 1.54) is 13.5 Å². The maximum atomic E-state index is 12.5. The maximum absolute atomic E-state index is 12.5. The Morgan fingerprint density at radius 3 is 2.17 bits per heavy atom. The van der Waals surface area contributed by atoms with Gasteiger partial charge in [0.2, 0.25) is 11.8 Å². The van der Waals surface area contributed by atoms with Crippen LogP contribution in [-0.4, -0.2) is 79.0 Å². The average molecular weight is 349 g/mol. The van der Waals surface area contributed by atoms with Crippen molar-refractivity contribution in [2.24, 2.45) is 5.92 Å². The molecule has 2 aliphatic rings. The van der Waals surface area contributed by atoms with Gasteiger partial charge in [0, 0.05) is 39.1 Å². The molecule has 0 aromatic heterocycles. The number of carbonyl (C=O) groups is 2. The van der Waals surface area contributed by atoms with Crippen molar-refractivity contribution >= 4 is 11.8 Å². The summed E-state index contributed by atoms with van der Waals surface area (Å²) >= 11 is 0. The van der Waals surface area contributed by atoms with Gasteiger partial charge in [-0.15, -0.1) is 0 Å². The van der Waals surface area contributed by atoms with E-state index in [-0.39, 0.29) is 18.4 Å². The Morgan fingerprint density at radius 1 is 1.04 bits per heavy atom. The van der Waals surface area contributed by atoms with Gasteiger partial charge in [0.1, 0.15) is 6.54 Å². The van der Waals surface area contributed by atoms with Crippen molar-refractivity contribution in [3.8, 4) is 0 Å². The smallest absolute Gasteiger partial charge is 0.340 e. The molecule has 2 amide bonds. The summed E-state index contributed by atoms with van der Waals surface area (Å²) in [5, 5.41) is 0. The third-order valence-electron chi connectivity index (χ3n) is 4.84. The first-order chi connectivity index (χ1) is 11.3. The number of likely N-dealkylation sites (N-methyl/N-ethyl adjacent to an activating group) is 1. The van der Waals surface area contributed by atoms with Gasteiger partial charge in [-0.25, -0.2) is 0 Å². The van der Waals surface area contributed by atoms with Crippen molar-refractivity contribution in [1.82, 2.24) is 14.7 Å². The number of carbonyl (C=O) groups excluding carboxylic acids is 2. The second-order valence-corrected chi connectivity index (χ2v) is 6.80. The van der Waals surface area contributed by atoms with Crippen molar-refractivity contribution in [2.45, 2.75) is 38.3 Å². The lowest BCUT2D eigenvalue weighted by molar-refractivity contribution is -0.159. The molecule has 2 rings (SSSR count). The van der Waals surface area contributed by atoms with Crippen LogP contribution >= 0.6 is 0 Å². The summed E-state index contributed by atoms with van der Waals surface area (Å²) in [5.74, 6) is -0.209. The van der Waals surface area contributed by atoms with Crippen LogP contribution in [0.1, 0.15) is 32.1 Å². The van der Waals surface area contributed by atoms with E-state index in [4.69, 9.17) is 0 Å². The SMILES string of the molecule is CN(CC(F)(F)F)C(=O)CN1CCN(C(=O)C2CCCCC2)CC1. The molecule has 1 heterocycles. The summed E-state index contributed by atoms with van der Waals surface area (Å²) in [7, 11) is 1.17. The molecule has 0 aromatic carbocycles. The van der Waals surface area contributed by atoms with E-state index < -0.39 is 18.6 Å². The Labute approximate surface area is 140 Å². The van der Waals surface area contributed by atoms with E-state index in [2.05, 4.69) is 0 Å². The Kier molecular flexibility index (Phi) is 6.48. The first kappa shape index (κ1) is 19.0. The van der Waals surface area contributed by atoms with Crippen molar-refractivity contribution in [3.63, 3.8) is 0 Å². The number of rotatable bonds is 4. The van der Waals surface area contributed by atoms with Crippen LogP contribution in [0.25, 0.3) is 0 Å². The van der Waals surface area contributed by atoms with Gasteiger partial charge < -0.3 is 9.80 Å². The monoisotopic (exact) mass is 349 g/mol. The molecule has 1 aliphatic heterocycles. The van der Waals surface area contributed by atoms with Gasteiger partial charge in [-0.05, 0) is 12.8 Å². The summed E-state index contributed by atoms with van der Waals surface area (Å²) in [6.45, 7) is 0.898. The van der Waals surface area contributed by atoms with Crippen molar-refractivity contribution in [1.29, 1.82) is 0 Å². The van der Waals surface area contributed by atoms with Gasteiger partial charge in [-0.2, -0.15) is 13.2 Å². The van der Waals surface area contributed by atoms with Gasteiger partial charge in [0.15, 0.2) is 0 Å². The predicted octanol–water partition coefficient (Wildman–Crippen LogP) is 1.73. The molecule has 1 saturated carbocycles. The van der Waals surface area contributed by atoms with E-state index in [0.717, 1.165) is 25.7 Å². The zero-order chi connectivity index (χ0) is 17.7. The second-order valence-electron chi connectivity index (χ2n) is 6.80. The number of halogens is 3. The lowest BCUT2D eigenvalue weighted by Crippen LogP contribution is -2.53. The highest BCUT2D eigenvalue weighted by atomic mass is 19.4. The van der Waals surface area contributed by atoms with Crippen molar-refractivity contribution in [2.75, 3.05) is 46.3 Å². The zero-order valence-corrected chi connectivity index (χ0v) is 14.1. The summed E-state index contributed by atoms with van der Waals surface area (Å²) < 4.78 is 36.9. The Balaban J connectivity index is 1.74. The minimum atomic E-state index is -4.38. The highest BCUT2D eigenvalue weighted by Gasteiger charge is 2.32. The lowest BCUT2D eigenvalue weighted by atomic mass is 9.88. The normalized spacial score (nSPS) is 20.9. The van der Waals surface area contributed by atoms with E-state index in [0.29, 0.717) is 31.1 Å². The van der Waals surface area contributed by atoms with Crippen LogP contribution in [0.5, 0.6) is 0 Å². The summed E-state index contributed by atoms with van der Waals surface area (Å²) in [6, 6.07) is 0. The van der Waals surface area contributed by atoms with Gasteiger partial charge in [-0.3, -0.25) is 14.5 Å². The van der Waals surface area contributed by atoms with E-state index >= 15 is 0 Å². The quantitative estimate of drug-likeness (QED) is 0.776. The molecule has 0 aromatic rings. The molecule has 0 atom stereocenters.